The number of nitrogens with zero attached hydrogens (tertiary/aromatic N) is 1. The van der Waals surface area contributed by atoms with E-state index in [1.807, 2.05) is 49.1 Å². The molecule has 5 heteroatoms. The van der Waals surface area contributed by atoms with Gasteiger partial charge in [0, 0.05) is 36.5 Å². The van der Waals surface area contributed by atoms with E-state index < -0.39 is 0 Å². The molecule has 0 aromatic heterocycles. The Labute approximate surface area is 160 Å². The van der Waals surface area contributed by atoms with Crippen molar-refractivity contribution in [2.45, 2.75) is 32.8 Å². The van der Waals surface area contributed by atoms with E-state index in [1.165, 1.54) is 0 Å². The van der Waals surface area contributed by atoms with Crippen molar-refractivity contribution in [3.63, 3.8) is 0 Å². The highest BCUT2D eigenvalue weighted by molar-refractivity contribution is 6.05. The number of nitrogens with one attached hydrogen (secondary N) is 1. The second-order valence-electron chi connectivity index (χ2n) is 6.83. The molecule has 142 valence electrons. The highest BCUT2D eigenvalue weighted by atomic mass is 16.5. The third kappa shape index (κ3) is 4.74. The predicted molar refractivity (Wildman–Crippen MR) is 106 cm³/mol. The molecule has 2 aromatic rings. The quantitative estimate of drug-likeness (QED) is 0.844. The van der Waals surface area contributed by atoms with Gasteiger partial charge in [0.05, 0.1) is 6.10 Å². The number of hydrogen-bond acceptors (Lipinski definition) is 3. The van der Waals surface area contributed by atoms with Crippen molar-refractivity contribution in [1.82, 2.24) is 4.90 Å². The molecule has 1 fully saturated rings. The molecular formula is C22H26N2O3. The molecule has 1 atom stereocenters. The number of benzene rings is 2. The SMILES string of the molecule is CCN(CC1CCCO1)C(=O)c1ccc(C)c(NC(=O)c2ccccc2)c1. The summed E-state index contributed by atoms with van der Waals surface area (Å²) in [5.41, 5.74) is 2.73. The monoisotopic (exact) mass is 366 g/mol. The molecule has 0 bridgehead atoms. The van der Waals surface area contributed by atoms with Gasteiger partial charge in [-0.25, -0.2) is 0 Å². The first-order chi connectivity index (χ1) is 13.1. The number of hydrogen-bond donors (Lipinski definition) is 1. The van der Waals surface area contributed by atoms with Crippen molar-refractivity contribution >= 4 is 17.5 Å². The predicted octanol–water partition coefficient (Wildman–Crippen LogP) is 3.89. The molecule has 0 radical (unpaired) electrons. The lowest BCUT2D eigenvalue weighted by Crippen LogP contribution is -2.37. The number of likely N-dealkylation sites (N-methyl/N-ethyl adjacent to an activating group) is 1. The molecule has 0 aliphatic carbocycles. The molecule has 2 amide bonds. The van der Waals surface area contributed by atoms with E-state index in [-0.39, 0.29) is 17.9 Å². The third-order valence-electron chi connectivity index (χ3n) is 4.89. The number of anilines is 1. The highest BCUT2D eigenvalue weighted by Crippen LogP contribution is 2.20. The molecule has 1 saturated heterocycles. The lowest BCUT2D eigenvalue weighted by atomic mass is 10.1. The molecule has 2 aromatic carbocycles. The Morgan fingerprint density at radius 3 is 2.59 bits per heavy atom. The van der Waals surface area contributed by atoms with Crippen LogP contribution >= 0.6 is 0 Å². The van der Waals surface area contributed by atoms with Crippen molar-refractivity contribution in [3.8, 4) is 0 Å². The van der Waals surface area contributed by atoms with Crippen LogP contribution in [0.4, 0.5) is 5.69 Å². The molecule has 1 aliphatic rings. The van der Waals surface area contributed by atoms with Gasteiger partial charge < -0.3 is 15.0 Å². The minimum Gasteiger partial charge on any atom is -0.376 e. The molecule has 0 saturated carbocycles. The van der Waals surface area contributed by atoms with Crippen molar-refractivity contribution < 1.29 is 14.3 Å². The van der Waals surface area contributed by atoms with Crippen LogP contribution in [-0.4, -0.2) is 42.5 Å². The lowest BCUT2D eigenvalue weighted by molar-refractivity contribution is 0.0539. The summed E-state index contributed by atoms with van der Waals surface area (Å²) >= 11 is 0. The fourth-order valence-corrected chi connectivity index (χ4v) is 3.25. The summed E-state index contributed by atoms with van der Waals surface area (Å²) < 4.78 is 5.66. The average molecular weight is 366 g/mol. The average Bonchev–Trinajstić information content (AvgIpc) is 3.21. The fourth-order valence-electron chi connectivity index (χ4n) is 3.25. The second-order valence-corrected chi connectivity index (χ2v) is 6.83. The van der Waals surface area contributed by atoms with E-state index in [4.69, 9.17) is 4.74 Å². The van der Waals surface area contributed by atoms with Crippen LogP contribution in [0, 0.1) is 6.92 Å². The maximum absolute atomic E-state index is 12.9. The van der Waals surface area contributed by atoms with Crippen LogP contribution in [-0.2, 0) is 4.74 Å². The van der Waals surface area contributed by atoms with Gasteiger partial charge in [0.2, 0.25) is 0 Å². The Hall–Kier alpha value is -2.66. The topological polar surface area (TPSA) is 58.6 Å². The molecule has 1 heterocycles. The standard InChI is InChI=1S/C22H26N2O3/c1-3-24(15-19-10-7-13-27-19)22(26)18-12-11-16(2)20(14-18)23-21(25)17-8-5-4-6-9-17/h4-6,8-9,11-12,14,19H,3,7,10,13,15H2,1-2H3,(H,23,25). The van der Waals surface area contributed by atoms with E-state index in [0.717, 1.165) is 25.0 Å². The molecular weight excluding hydrogens is 340 g/mol. The van der Waals surface area contributed by atoms with E-state index in [0.29, 0.717) is 29.9 Å². The van der Waals surface area contributed by atoms with Crippen LogP contribution < -0.4 is 5.32 Å². The summed E-state index contributed by atoms with van der Waals surface area (Å²) in [6.07, 6.45) is 2.17. The molecule has 1 unspecified atom stereocenters. The smallest absolute Gasteiger partial charge is 0.255 e. The summed E-state index contributed by atoms with van der Waals surface area (Å²) in [6.45, 7) is 5.89. The second kappa shape index (κ2) is 8.82. The van der Waals surface area contributed by atoms with Crippen molar-refractivity contribution in [2.75, 3.05) is 25.0 Å². The summed E-state index contributed by atoms with van der Waals surface area (Å²) in [6, 6.07) is 14.5. The molecule has 3 rings (SSSR count). The largest absolute Gasteiger partial charge is 0.376 e. The van der Waals surface area contributed by atoms with Gasteiger partial charge in [0.1, 0.15) is 0 Å². The number of rotatable bonds is 6. The summed E-state index contributed by atoms with van der Waals surface area (Å²) in [5.74, 6) is -0.224. The molecule has 1 aliphatic heterocycles. The van der Waals surface area contributed by atoms with Gasteiger partial charge >= 0.3 is 0 Å². The zero-order valence-electron chi connectivity index (χ0n) is 15.9. The molecule has 0 spiro atoms. The maximum atomic E-state index is 12.9. The Morgan fingerprint density at radius 2 is 1.93 bits per heavy atom. The molecule has 27 heavy (non-hydrogen) atoms. The number of aryl methyl sites for hydroxylation is 1. The van der Waals surface area contributed by atoms with Gasteiger partial charge in [-0.15, -0.1) is 0 Å². The Bertz CT molecular complexity index is 798. The summed E-state index contributed by atoms with van der Waals surface area (Å²) in [5, 5.41) is 2.92. The zero-order valence-corrected chi connectivity index (χ0v) is 15.9. The zero-order chi connectivity index (χ0) is 19.2. The minimum absolute atomic E-state index is 0.0387. The summed E-state index contributed by atoms with van der Waals surface area (Å²) in [4.78, 5) is 27.2. The third-order valence-corrected chi connectivity index (χ3v) is 4.89. The lowest BCUT2D eigenvalue weighted by Gasteiger charge is -2.24. The fraction of sp³-hybridized carbons (Fsp3) is 0.364. The normalized spacial score (nSPS) is 16.1. The summed E-state index contributed by atoms with van der Waals surface area (Å²) in [7, 11) is 0. The Balaban J connectivity index is 1.75. The van der Waals surface area contributed by atoms with Crippen LogP contribution in [0.2, 0.25) is 0 Å². The van der Waals surface area contributed by atoms with Crippen LogP contribution in [0.1, 0.15) is 46.0 Å². The Kier molecular flexibility index (Phi) is 6.24. The van der Waals surface area contributed by atoms with Gasteiger partial charge in [-0.05, 0) is 56.5 Å². The van der Waals surface area contributed by atoms with E-state index >= 15 is 0 Å². The van der Waals surface area contributed by atoms with E-state index in [1.54, 1.807) is 18.2 Å². The van der Waals surface area contributed by atoms with Gasteiger partial charge in [0.25, 0.3) is 11.8 Å². The number of ether oxygens (including phenoxy) is 1. The van der Waals surface area contributed by atoms with Crippen molar-refractivity contribution in [2.24, 2.45) is 0 Å². The molecule has 5 nitrogen and oxygen atoms in total. The van der Waals surface area contributed by atoms with Crippen molar-refractivity contribution in [1.29, 1.82) is 0 Å². The van der Waals surface area contributed by atoms with Crippen LogP contribution in [0.3, 0.4) is 0 Å². The maximum Gasteiger partial charge on any atom is 0.255 e. The Morgan fingerprint density at radius 1 is 1.15 bits per heavy atom. The van der Waals surface area contributed by atoms with Crippen LogP contribution in [0.15, 0.2) is 48.5 Å². The first kappa shape index (κ1) is 19.1. The van der Waals surface area contributed by atoms with Crippen molar-refractivity contribution in [3.05, 3.63) is 65.2 Å². The van der Waals surface area contributed by atoms with Gasteiger partial charge in [0.15, 0.2) is 0 Å². The number of carbonyl (C=O) groups is 2. The van der Waals surface area contributed by atoms with E-state index in [2.05, 4.69) is 5.32 Å². The first-order valence-electron chi connectivity index (χ1n) is 9.46. The first-order valence-corrected chi connectivity index (χ1v) is 9.46. The number of amides is 2. The number of carbonyl (C=O) groups excluding carboxylic acids is 2. The minimum atomic E-state index is -0.185. The van der Waals surface area contributed by atoms with Crippen LogP contribution in [0.25, 0.3) is 0 Å². The molecule has 1 N–H and O–H groups in total. The van der Waals surface area contributed by atoms with Gasteiger partial charge in [-0.2, -0.15) is 0 Å². The van der Waals surface area contributed by atoms with E-state index in [9.17, 15) is 9.59 Å². The van der Waals surface area contributed by atoms with Gasteiger partial charge in [-0.1, -0.05) is 24.3 Å². The highest BCUT2D eigenvalue weighted by Gasteiger charge is 2.23. The van der Waals surface area contributed by atoms with Crippen LogP contribution in [0.5, 0.6) is 0 Å². The van der Waals surface area contributed by atoms with Gasteiger partial charge in [-0.3, -0.25) is 9.59 Å².